The molecule has 0 atom stereocenters. The fraction of sp³-hybridized carbons (Fsp3) is 0.143. The Labute approximate surface area is 177 Å². The quantitative estimate of drug-likeness (QED) is 0.575. The number of hydrogen-bond acceptors (Lipinski definition) is 5. The van der Waals surface area contributed by atoms with Crippen LogP contribution in [0.15, 0.2) is 60.8 Å². The van der Waals surface area contributed by atoms with E-state index in [4.69, 9.17) is 16.3 Å². The second-order valence-corrected chi connectivity index (χ2v) is 7.63. The number of aromatic nitrogens is 1. The van der Waals surface area contributed by atoms with Crippen molar-refractivity contribution < 1.29 is 13.9 Å². The SMILES string of the molecule is O=C(Nc1ccc(Cl)c(-c2ccccn2)c1)c1ccc(N2CCOCS2)cc1F. The summed E-state index contributed by atoms with van der Waals surface area (Å²) in [6.45, 7) is 1.25. The molecule has 0 spiro atoms. The number of nitrogens with zero attached hydrogens (tertiary/aromatic N) is 2. The Bertz CT molecular complexity index is 1030. The molecule has 2 aromatic carbocycles. The number of amides is 1. The number of carbonyl (C=O) groups excluding carboxylic acids is 1. The van der Waals surface area contributed by atoms with Crippen LogP contribution in [0.1, 0.15) is 10.4 Å². The molecule has 8 heteroatoms. The van der Waals surface area contributed by atoms with Crippen LogP contribution < -0.4 is 9.62 Å². The number of halogens is 2. The maximum atomic E-state index is 14.6. The molecular weight excluding hydrogens is 413 g/mol. The predicted molar refractivity (Wildman–Crippen MR) is 115 cm³/mol. The van der Waals surface area contributed by atoms with Crippen molar-refractivity contribution in [3.63, 3.8) is 0 Å². The molecule has 1 amide bonds. The second kappa shape index (κ2) is 8.82. The van der Waals surface area contributed by atoms with Gasteiger partial charge in [0.2, 0.25) is 0 Å². The summed E-state index contributed by atoms with van der Waals surface area (Å²) < 4.78 is 21.8. The third-order valence-corrected chi connectivity index (χ3v) is 5.69. The second-order valence-electron chi connectivity index (χ2n) is 6.29. The van der Waals surface area contributed by atoms with Crippen molar-refractivity contribution in [3.05, 3.63) is 77.2 Å². The van der Waals surface area contributed by atoms with E-state index >= 15 is 0 Å². The average molecular weight is 430 g/mol. The first-order valence-corrected chi connectivity index (χ1v) is 10.2. The van der Waals surface area contributed by atoms with Crippen LogP contribution in [0.5, 0.6) is 0 Å². The summed E-state index contributed by atoms with van der Waals surface area (Å²) in [6.07, 6.45) is 1.67. The number of hydrogen-bond donors (Lipinski definition) is 1. The van der Waals surface area contributed by atoms with Crippen molar-refractivity contribution in [2.24, 2.45) is 0 Å². The summed E-state index contributed by atoms with van der Waals surface area (Å²) in [5, 5.41) is 3.25. The molecule has 5 nitrogen and oxygen atoms in total. The molecule has 1 saturated heterocycles. The third kappa shape index (κ3) is 4.53. The van der Waals surface area contributed by atoms with E-state index in [0.29, 0.717) is 46.7 Å². The lowest BCUT2D eigenvalue weighted by molar-refractivity contribution is 0.102. The molecule has 4 rings (SSSR count). The Hall–Kier alpha value is -2.61. The summed E-state index contributed by atoms with van der Waals surface area (Å²) in [5.41, 5.74) is 2.56. The number of nitrogens with one attached hydrogen (secondary N) is 1. The molecular formula is C21H17ClFN3O2S. The average Bonchev–Trinajstić information content (AvgIpc) is 2.76. The van der Waals surface area contributed by atoms with Gasteiger partial charge < -0.3 is 14.4 Å². The maximum Gasteiger partial charge on any atom is 0.258 e. The van der Waals surface area contributed by atoms with Crippen LogP contribution in [0.25, 0.3) is 11.3 Å². The number of carbonyl (C=O) groups is 1. The molecule has 0 bridgehead atoms. The lowest BCUT2D eigenvalue weighted by Crippen LogP contribution is -2.26. The zero-order valence-corrected chi connectivity index (χ0v) is 16.8. The van der Waals surface area contributed by atoms with Crippen molar-refractivity contribution in [3.8, 4) is 11.3 Å². The van der Waals surface area contributed by atoms with E-state index in [1.165, 1.54) is 24.1 Å². The fourth-order valence-electron chi connectivity index (χ4n) is 2.94. The van der Waals surface area contributed by atoms with Crippen molar-refractivity contribution in [2.45, 2.75) is 0 Å². The van der Waals surface area contributed by atoms with E-state index in [2.05, 4.69) is 10.3 Å². The summed E-state index contributed by atoms with van der Waals surface area (Å²) >= 11 is 7.74. The Kier molecular flexibility index (Phi) is 5.99. The summed E-state index contributed by atoms with van der Waals surface area (Å²) in [7, 11) is 0. The Morgan fingerprint density at radius 1 is 1.21 bits per heavy atom. The van der Waals surface area contributed by atoms with Crippen LogP contribution in [0.4, 0.5) is 15.8 Å². The fourth-order valence-corrected chi connectivity index (χ4v) is 3.94. The minimum atomic E-state index is -0.578. The summed E-state index contributed by atoms with van der Waals surface area (Å²) in [4.78, 5) is 16.9. The molecule has 29 heavy (non-hydrogen) atoms. The van der Waals surface area contributed by atoms with Crippen LogP contribution in [0, 0.1) is 5.82 Å². The number of ether oxygens (including phenoxy) is 1. The van der Waals surface area contributed by atoms with Gasteiger partial charge in [-0.25, -0.2) is 4.39 Å². The largest absolute Gasteiger partial charge is 0.367 e. The molecule has 0 saturated carbocycles. The van der Waals surface area contributed by atoms with Gasteiger partial charge >= 0.3 is 0 Å². The first kappa shape index (κ1) is 19.7. The van der Waals surface area contributed by atoms with E-state index < -0.39 is 11.7 Å². The van der Waals surface area contributed by atoms with E-state index in [9.17, 15) is 9.18 Å². The van der Waals surface area contributed by atoms with Gasteiger partial charge in [0, 0.05) is 17.4 Å². The van der Waals surface area contributed by atoms with E-state index in [1.54, 1.807) is 30.5 Å². The van der Waals surface area contributed by atoms with Crippen LogP contribution in [0.3, 0.4) is 0 Å². The lowest BCUT2D eigenvalue weighted by Gasteiger charge is -2.27. The van der Waals surface area contributed by atoms with Gasteiger partial charge in [0.25, 0.3) is 5.91 Å². The van der Waals surface area contributed by atoms with Gasteiger partial charge in [0.05, 0.1) is 35.1 Å². The normalized spacial score (nSPS) is 13.9. The topological polar surface area (TPSA) is 54.5 Å². The summed E-state index contributed by atoms with van der Waals surface area (Å²) in [5.74, 6) is -0.581. The van der Waals surface area contributed by atoms with Crippen molar-refractivity contribution in [1.82, 2.24) is 4.98 Å². The van der Waals surface area contributed by atoms with E-state index in [0.717, 1.165) is 0 Å². The Morgan fingerprint density at radius 3 is 2.83 bits per heavy atom. The zero-order chi connectivity index (χ0) is 20.2. The minimum absolute atomic E-state index is 0.0265. The Morgan fingerprint density at radius 2 is 2.10 bits per heavy atom. The highest BCUT2D eigenvalue weighted by Gasteiger charge is 2.17. The molecule has 1 aliphatic heterocycles. The highest BCUT2D eigenvalue weighted by atomic mass is 35.5. The van der Waals surface area contributed by atoms with Gasteiger partial charge in [-0.3, -0.25) is 9.78 Å². The Balaban J connectivity index is 1.54. The molecule has 1 fully saturated rings. The van der Waals surface area contributed by atoms with Crippen LogP contribution in [-0.4, -0.2) is 30.0 Å². The number of rotatable bonds is 4. The first-order valence-electron chi connectivity index (χ1n) is 8.92. The lowest BCUT2D eigenvalue weighted by atomic mass is 10.1. The van der Waals surface area contributed by atoms with E-state index in [-0.39, 0.29) is 5.56 Å². The van der Waals surface area contributed by atoms with Gasteiger partial charge in [0.1, 0.15) is 11.8 Å². The highest BCUT2D eigenvalue weighted by molar-refractivity contribution is 8.00. The molecule has 0 radical (unpaired) electrons. The van der Waals surface area contributed by atoms with Crippen LogP contribution in [-0.2, 0) is 4.74 Å². The van der Waals surface area contributed by atoms with Crippen LogP contribution in [0.2, 0.25) is 5.02 Å². The molecule has 1 aromatic heterocycles. The summed E-state index contributed by atoms with van der Waals surface area (Å²) in [6, 6.07) is 15.2. The molecule has 2 heterocycles. The van der Waals surface area contributed by atoms with Crippen molar-refractivity contribution in [2.75, 3.05) is 28.7 Å². The van der Waals surface area contributed by atoms with Crippen molar-refractivity contribution >= 4 is 40.8 Å². The van der Waals surface area contributed by atoms with Gasteiger partial charge in [-0.2, -0.15) is 0 Å². The molecule has 3 aromatic rings. The zero-order valence-electron chi connectivity index (χ0n) is 15.3. The third-order valence-electron chi connectivity index (χ3n) is 4.38. The monoisotopic (exact) mass is 429 g/mol. The van der Waals surface area contributed by atoms with Gasteiger partial charge in [0.15, 0.2) is 0 Å². The molecule has 0 aliphatic carbocycles. The maximum absolute atomic E-state index is 14.6. The van der Waals surface area contributed by atoms with E-state index in [1.807, 2.05) is 22.5 Å². The number of anilines is 2. The predicted octanol–water partition coefficient (Wildman–Crippen LogP) is 5.24. The van der Waals surface area contributed by atoms with Gasteiger partial charge in [-0.1, -0.05) is 17.7 Å². The number of benzene rings is 2. The van der Waals surface area contributed by atoms with Crippen molar-refractivity contribution in [1.29, 1.82) is 0 Å². The van der Waals surface area contributed by atoms with Gasteiger partial charge in [-0.05, 0) is 60.5 Å². The smallest absolute Gasteiger partial charge is 0.258 e. The molecule has 1 aliphatic rings. The molecule has 0 unspecified atom stereocenters. The number of pyridine rings is 1. The standard InChI is InChI=1S/C21H17ClFN3O2S/c22-18-7-4-14(11-17(18)20-3-1-2-8-24-20)25-21(27)16-6-5-15(12-19(16)23)26-9-10-28-13-29-26/h1-8,11-12H,9-10,13H2,(H,25,27). The van der Waals surface area contributed by atoms with Gasteiger partial charge in [-0.15, -0.1) is 0 Å². The molecule has 148 valence electrons. The van der Waals surface area contributed by atoms with Crippen LogP contribution >= 0.6 is 23.5 Å². The molecule has 1 N–H and O–H groups in total. The highest BCUT2D eigenvalue weighted by Crippen LogP contribution is 2.30. The minimum Gasteiger partial charge on any atom is -0.367 e. The first-order chi connectivity index (χ1) is 14.1.